The topological polar surface area (TPSA) is 142 Å². The summed E-state index contributed by atoms with van der Waals surface area (Å²) in [6.45, 7) is 5.40. The zero-order valence-corrected chi connectivity index (χ0v) is 20.7. The third-order valence-corrected chi connectivity index (χ3v) is 2.81. The van der Waals surface area contributed by atoms with Crippen LogP contribution in [0.25, 0.3) is 0 Å². The van der Waals surface area contributed by atoms with E-state index in [1.54, 1.807) is 27.0 Å². The maximum Gasteiger partial charge on any atom is 0.310 e. The minimum absolute atomic E-state index is 0. The van der Waals surface area contributed by atoms with Crippen LogP contribution >= 0.6 is 12.6 Å². The number of rotatable bonds is 2. The third-order valence-electron chi connectivity index (χ3n) is 2.81. The van der Waals surface area contributed by atoms with Crippen molar-refractivity contribution in [1.29, 1.82) is 0 Å². The Morgan fingerprint density at radius 2 is 1.41 bits per heavy atom. The van der Waals surface area contributed by atoms with Gasteiger partial charge in [0.25, 0.3) is 0 Å². The van der Waals surface area contributed by atoms with Crippen LogP contribution in [0, 0.1) is 56.8 Å². The second kappa shape index (κ2) is 14.0. The number of methoxy groups -OCH3 is 1. The largest absolute Gasteiger partial charge is 0.469 e. The Hall–Kier alpha value is 0.638. The van der Waals surface area contributed by atoms with E-state index in [1.807, 2.05) is 0 Å². The molecule has 1 fully saturated rings. The van der Waals surface area contributed by atoms with Crippen molar-refractivity contribution in [2.45, 2.75) is 45.3 Å². The Morgan fingerprint density at radius 1 is 1.05 bits per heavy atom. The number of thiol groups is 1. The van der Waals surface area contributed by atoms with Gasteiger partial charge in [0.2, 0.25) is 0 Å². The monoisotopic (exact) mass is 553 g/mol. The van der Waals surface area contributed by atoms with E-state index in [9.17, 15) is 9.59 Å². The molecule has 0 bridgehead atoms. The van der Waals surface area contributed by atoms with Crippen molar-refractivity contribution in [3.63, 3.8) is 0 Å². The summed E-state index contributed by atoms with van der Waals surface area (Å²) in [5.74, 6) is -1.68. The van der Waals surface area contributed by atoms with Crippen molar-refractivity contribution in [1.82, 2.24) is 0 Å². The third kappa shape index (κ3) is 10.4. The van der Waals surface area contributed by atoms with E-state index in [0.717, 1.165) is 0 Å². The average Bonchev–Trinajstić information content (AvgIpc) is 2.71. The molecule has 0 amide bonds. The number of nitrogens with two attached hydrogens (primary N) is 1. The van der Waals surface area contributed by atoms with E-state index in [1.165, 1.54) is 7.11 Å². The van der Waals surface area contributed by atoms with E-state index in [0.29, 0.717) is 12.8 Å². The van der Waals surface area contributed by atoms with Crippen LogP contribution in [-0.2, 0) is 19.1 Å². The molecule has 2 radical (unpaired) electrons. The molecule has 0 aromatic rings. The van der Waals surface area contributed by atoms with Gasteiger partial charge < -0.3 is 26.2 Å². The van der Waals surface area contributed by atoms with Crippen molar-refractivity contribution < 1.29 is 75.0 Å². The Morgan fingerprint density at radius 3 is 1.73 bits per heavy atom. The number of carbonyl (C=O) groups excluding carboxylic acids is 2. The van der Waals surface area contributed by atoms with Crippen LogP contribution in [0.2, 0.25) is 0 Å². The predicted molar refractivity (Wildman–Crippen MR) is 84.2 cm³/mol. The first-order valence-corrected chi connectivity index (χ1v) is 7.15. The van der Waals surface area contributed by atoms with Crippen molar-refractivity contribution in [3.8, 4) is 0 Å². The summed E-state index contributed by atoms with van der Waals surface area (Å²) < 4.78 is 9.98. The SMILES string of the molecule is COC(=O)C1CC(N)CC1C(=O)OC(C)(C)C.CS.O.O.[Ra]. The first-order chi connectivity index (χ1) is 8.74. The summed E-state index contributed by atoms with van der Waals surface area (Å²) in [5.41, 5.74) is 5.24. The molecule has 0 heterocycles. The molecule has 1 saturated carbocycles. The van der Waals surface area contributed by atoms with Crippen molar-refractivity contribution in [3.05, 3.63) is 0 Å². The Balaban J connectivity index is -0.000000310. The van der Waals surface area contributed by atoms with Crippen LogP contribution in [0.4, 0.5) is 0 Å². The van der Waals surface area contributed by atoms with Gasteiger partial charge in [-0.05, 0) is 39.9 Å². The van der Waals surface area contributed by atoms with E-state index >= 15 is 0 Å². The van der Waals surface area contributed by atoms with Gasteiger partial charge in [0.05, 0.1) is 18.9 Å². The molecular weight excluding hydrogens is 524 g/mol. The fraction of sp³-hybridized carbons (Fsp3) is 0.846. The molecule has 22 heavy (non-hydrogen) atoms. The first-order valence-electron chi connectivity index (χ1n) is 6.25. The molecule has 1 aliphatic rings. The molecule has 0 saturated heterocycles. The van der Waals surface area contributed by atoms with Gasteiger partial charge in [-0.25, -0.2) is 0 Å². The van der Waals surface area contributed by atoms with Crippen LogP contribution < -0.4 is 5.73 Å². The van der Waals surface area contributed by atoms with Crippen molar-refractivity contribution in [2.24, 2.45) is 17.6 Å². The smallest absolute Gasteiger partial charge is 0.310 e. The average molecular weight is 553 g/mol. The molecule has 6 N–H and O–H groups in total. The summed E-state index contributed by atoms with van der Waals surface area (Å²) in [7, 11) is 1.32. The molecule has 130 valence electrons. The number of ether oxygens (including phenoxy) is 2. The second-order valence-electron chi connectivity index (χ2n) is 5.50. The van der Waals surface area contributed by atoms with E-state index in [4.69, 9.17) is 15.2 Å². The molecule has 3 atom stereocenters. The quantitative estimate of drug-likeness (QED) is 0.359. The van der Waals surface area contributed by atoms with Gasteiger partial charge >= 0.3 is 11.9 Å². The van der Waals surface area contributed by atoms with Gasteiger partial charge in [0, 0.05) is 51.0 Å². The van der Waals surface area contributed by atoms with Gasteiger partial charge in [-0.2, -0.15) is 12.6 Å². The van der Waals surface area contributed by atoms with Gasteiger partial charge in [0.1, 0.15) is 5.60 Å². The van der Waals surface area contributed by atoms with E-state index < -0.39 is 17.4 Å². The predicted octanol–water partition coefficient (Wildman–Crippen LogP) is -0.249. The Kier molecular flexibility index (Phi) is 19.4. The summed E-state index contributed by atoms with van der Waals surface area (Å²) >= 11 is 3.53. The van der Waals surface area contributed by atoms with Gasteiger partial charge in [-0.15, -0.1) is 0 Å². The van der Waals surface area contributed by atoms with Crippen molar-refractivity contribution in [2.75, 3.05) is 13.4 Å². The molecule has 1 rings (SSSR count). The van der Waals surface area contributed by atoms with Gasteiger partial charge in [0.15, 0.2) is 0 Å². The van der Waals surface area contributed by atoms with Crippen LogP contribution in [0.3, 0.4) is 0 Å². The molecule has 0 aromatic heterocycles. The molecule has 0 aliphatic heterocycles. The van der Waals surface area contributed by atoms with Crippen molar-refractivity contribution >= 4 is 24.6 Å². The van der Waals surface area contributed by atoms with Gasteiger partial charge in [-0.1, -0.05) is 0 Å². The normalized spacial score (nSPS) is 22.6. The number of hydrogen-bond acceptors (Lipinski definition) is 6. The summed E-state index contributed by atoms with van der Waals surface area (Å²) in [4.78, 5) is 23.5. The molecule has 7 nitrogen and oxygen atoms in total. The molecule has 0 spiro atoms. The van der Waals surface area contributed by atoms with Crippen LogP contribution in [-0.4, -0.2) is 47.9 Å². The standard InChI is InChI=1S/C12H21NO4.CH4S.2H2O.Ra/c1-12(2,3)17-11(15)9-6-7(13)5-8(9)10(14)16-4;1-2;;;/h7-9H,5-6,13H2,1-4H3;2H,1H3;2*1H2;. The number of carbonyl (C=O) groups is 2. The molecular formula is C13H29NO6RaS. The molecule has 9 heteroatoms. The number of hydrogen-bond donors (Lipinski definition) is 2. The van der Waals surface area contributed by atoms with Crippen LogP contribution in [0.5, 0.6) is 0 Å². The van der Waals surface area contributed by atoms with Crippen LogP contribution in [0.1, 0.15) is 33.6 Å². The summed E-state index contributed by atoms with van der Waals surface area (Å²) in [6.07, 6.45) is 2.66. The zero-order valence-electron chi connectivity index (χ0n) is 14.0. The summed E-state index contributed by atoms with van der Waals surface area (Å²) in [5, 5.41) is 0. The minimum Gasteiger partial charge on any atom is -0.469 e. The van der Waals surface area contributed by atoms with E-state index in [2.05, 4.69) is 12.6 Å². The minimum atomic E-state index is -0.551. The zero-order chi connectivity index (χ0) is 15.2. The fourth-order valence-electron chi connectivity index (χ4n) is 2.13. The van der Waals surface area contributed by atoms with E-state index in [-0.39, 0.29) is 73.9 Å². The fourth-order valence-corrected chi connectivity index (χ4v) is 2.13. The molecule has 3 unspecified atom stereocenters. The number of esters is 2. The maximum absolute atomic E-state index is 12.0. The van der Waals surface area contributed by atoms with Crippen LogP contribution in [0.15, 0.2) is 0 Å². The molecule has 0 aromatic carbocycles. The maximum atomic E-state index is 12.0. The Labute approximate surface area is 174 Å². The van der Waals surface area contributed by atoms with Gasteiger partial charge in [-0.3, -0.25) is 9.59 Å². The second-order valence-corrected chi connectivity index (χ2v) is 5.50. The first kappa shape index (κ1) is 30.5. The summed E-state index contributed by atoms with van der Waals surface area (Å²) in [6, 6.07) is -0.142. The molecule has 1 aliphatic carbocycles. The Bertz CT molecular complexity index is 324.